The van der Waals surface area contributed by atoms with Crippen molar-refractivity contribution >= 4 is 5.91 Å². The molecule has 0 radical (unpaired) electrons. The number of carbonyl (C=O) groups is 1. The Hall–Kier alpha value is -1.76. The Kier molecular flexibility index (Phi) is 4.70. The Balaban J connectivity index is 1.98. The van der Waals surface area contributed by atoms with Gasteiger partial charge in [-0.2, -0.15) is 13.2 Å². The van der Waals surface area contributed by atoms with Crippen LogP contribution in [0.5, 0.6) is 5.75 Å². The maximum absolute atomic E-state index is 13.8. The number of halogens is 3. The van der Waals surface area contributed by atoms with Crippen molar-refractivity contribution in [1.82, 2.24) is 5.32 Å². The van der Waals surface area contributed by atoms with Crippen LogP contribution in [0.1, 0.15) is 53.1 Å². The first-order chi connectivity index (χ1) is 11.8. The fraction of sp³-hybridized carbons (Fsp3) is 0.611. The van der Waals surface area contributed by atoms with E-state index in [0.717, 1.165) is 25.7 Å². The maximum Gasteiger partial charge on any atom is 0.420 e. The van der Waals surface area contributed by atoms with Crippen molar-refractivity contribution in [2.24, 2.45) is 5.41 Å². The first-order valence-corrected chi connectivity index (χ1v) is 8.39. The van der Waals surface area contributed by atoms with E-state index in [2.05, 4.69) is 5.32 Å². The van der Waals surface area contributed by atoms with Gasteiger partial charge in [-0.3, -0.25) is 4.79 Å². The summed E-state index contributed by atoms with van der Waals surface area (Å²) in [5, 5.41) is 2.36. The van der Waals surface area contributed by atoms with Crippen molar-refractivity contribution in [3.8, 4) is 5.75 Å². The zero-order chi connectivity index (χ0) is 18.2. The third-order valence-electron chi connectivity index (χ3n) is 5.50. The summed E-state index contributed by atoms with van der Waals surface area (Å²) in [4.78, 5) is 11.9. The van der Waals surface area contributed by atoms with Gasteiger partial charge in [0.25, 0.3) is 5.91 Å². The summed E-state index contributed by atoms with van der Waals surface area (Å²) in [6.07, 6.45) is -1.33. The summed E-state index contributed by atoms with van der Waals surface area (Å²) < 4.78 is 51.7. The SMILES string of the molecule is CNC(=O)c1ccc(C2CC3(CCOCC3)C2)c(C(F)(F)F)c1OC. The topological polar surface area (TPSA) is 47.6 Å². The van der Waals surface area contributed by atoms with Crippen molar-refractivity contribution in [2.75, 3.05) is 27.4 Å². The number of carbonyl (C=O) groups excluding carboxylic acids is 1. The van der Waals surface area contributed by atoms with E-state index in [1.165, 1.54) is 26.3 Å². The first-order valence-electron chi connectivity index (χ1n) is 8.39. The van der Waals surface area contributed by atoms with Crippen LogP contribution in [0.2, 0.25) is 0 Å². The molecule has 1 aliphatic carbocycles. The maximum atomic E-state index is 13.8. The summed E-state index contributed by atoms with van der Waals surface area (Å²) in [6.45, 7) is 1.36. The Bertz CT molecular complexity index is 658. The van der Waals surface area contributed by atoms with Crippen LogP contribution < -0.4 is 10.1 Å². The molecule has 1 saturated heterocycles. The molecular formula is C18H22F3NO3. The summed E-state index contributed by atoms with van der Waals surface area (Å²) >= 11 is 0. The molecule has 0 bridgehead atoms. The molecule has 0 atom stereocenters. The molecule has 1 spiro atoms. The van der Waals surface area contributed by atoms with Gasteiger partial charge >= 0.3 is 6.18 Å². The van der Waals surface area contributed by atoms with Crippen molar-refractivity contribution in [2.45, 2.75) is 37.8 Å². The minimum absolute atomic E-state index is 0.0961. The molecule has 2 fully saturated rings. The fourth-order valence-corrected chi connectivity index (χ4v) is 4.17. The van der Waals surface area contributed by atoms with Crippen molar-refractivity contribution in [1.29, 1.82) is 0 Å². The van der Waals surface area contributed by atoms with Gasteiger partial charge < -0.3 is 14.8 Å². The van der Waals surface area contributed by atoms with E-state index in [1.807, 2.05) is 0 Å². The van der Waals surface area contributed by atoms with Crippen LogP contribution in [0, 0.1) is 5.41 Å². The lowest BCUT2D eigenvalue weighted by molar-refractivity contribution is -0.140. The van der Waals surface area contributed by atoms with Gasteiger partial charge in [-0.15, -0.1) is 0 Å². The number of benzene rings is 1. The Morgan fingerprint density at radius 2 is 1.92 bits per heavy atom. The number of amides is 1. The van der Waals surface area contributed by atoms with Gasteiger partial charge in [0.05, 0.1) is 12.7 Å². The molecule has 0 unspecified atom stereocenters. The van der Waals surface area contributed by atoms with Crippen LogP contribution in [-0.2, 0) is 10.9 Å². The van der Waals surface area contributed by atoms with E-state index >= 15 is 0 Å². The normalized spacial score (nSPS) is 20.2. The summed E-state index contributed by atoms with van der Waals surface area (Å²) in [6, 6.07) is 2.87. The molecule has 7 heteroatoms. The molecule has 1 aliphatic heterocycles. The molecule has 1 aromatic rings. The number of hydrogen-bond acceptors (Lipinski definition) is 3. The minimum atomic E-state index is -4.58. The molecule has 1 amide bonds. The van der Waals surface area contributed by atoms with Gasteiger partial charge in [0, 0.05) is 20.3 Å². The highest BCUT2D eigenvalue weighted by molar-refractivity contribution is 5.97. The smallest absolute Gasteiger partial charge is 0.420 e. The molecule has 0 aromatic heterocycles. The number of ether oxygens (including phenoxy) is 2. The molecule has 3 rings (SSSR count). The second-order valence-electron chi connectivity index (χ2n) is 6.91. The number of rotatable bonds is 3. The second kappa shape index (κ2) is 6.52. The van der Waals surface area contributed by atoms with Crippen LogP contribution in [-0.4, -0.2) is 33.3 Å². The lowest BCUT2D eigenvalue weighted by Gasteiger charge is -2.50. The number of alkyl halides is 3. The highest BCUT2D eigenvalue weighted by Crippen LogP contribution is 2.58. The van der Waals surface area contributed by atoms with Crippen LogP contribution in [0.4, 0.5) is 13.2 Å². The average molecular weight is 357 g/mol. The van der Waals surface area contributed by atoms with Crippen molar-refractivity contribution < 1.29 is 27.4 Å². The third kappa shape index (κ3) is 3.21. The molecule has 1 heterocycles. The zero-order valence-electron chi connectivity index (χ0n) is 14.3. The summed E-state index contributed by atoms with van der Waals surface area (Å²) in [7, 11) is 2.55. The molecule has 2 aliphatic rings. The third-order valence-corrected chi connectivity index (χ3v) is 5.50. The standard InChI is InChI=1S/C18H22F3NO3/c1-22-16(23)13-4-3-12(14(15(13)24-2)18(19,20)21)11-9-17(10-11)5-7-25-8-6-17/h3-4,11H,5-10H2,1-2H3,(H,22,23). The van der Waals surface area contributed by atoms with E-state index in [0.29, 0.717) is 13.2 Å². The second-order valence-corrected chi connectivity index (χ2v) is 6.91. The molecule has 4 nitrogen and oxygen atoms in total. The highest BCUT2D eigenvalue weighted by Gasteiger charge is 2.49. The van der Waals surface area contributed by atoms with E-state index in [9.17, 15) is 18.0 Å². The van der Waals surface area contributed by atoms with Crippen LogP contribution in [0.15, 0.2) is 12.1 Å². The number of nitrogens with one attached hydrogen (secondary N) is 1. The summed E-state index contributed by atoms with van der Waals surface area (Å²) in [5.74, 6) is -1.15. The van der Waals surface area contributed by atoms with Crippen LogP contribution in [0.3, 0.4) is 0 Å². The van der Waals surface area contributed by atoms with E-state index in [4.69, 9.17) is 9.47 Å². The van der Waals surface area contributed by atoms with Gasteiger partial charge in [-0.1, -0.05) is 6.07 Å². The Morgan fingerprint density at radius 3 is 2.44 bits per heavy atom. The molecule has 1 aromatic carbocycles. The zero-order valence-corrected chi connectivity index (χ0v) is 14.3. The molecule has 1 saturated carbocycles. The van der Waals surface area contributed by atoms with Crippen LogP contribution >= 0.6 is 0 Å². The monoisotopic (exact) mass is 357 g/mol. The predicted octanol–water partition coefficient (Wildman–Crippen LogP) is 3.75. The molecular weight excluding hydrogens is 335 g/mol. The van der Waals surface area contributed by atoms with Gasteiger partial charge in [0.2, 0.25) is 0 Å². The first kappa shape index (κ1) is 18.0. The summed E-state index contributed by atoms with van der Waals surface area (Å²) in [5.41, 5.74) is -0.573. The minimum Gasteiger partial charge on any atom is -0.495 e. The van der Waals surface area contributed by atoms with E-state index < -0.39 is 23.4 Å². The lowest BCUT2D eigenvalue weighted by atomic mass is 9.56. The lowest BCUT2D eigenvalue weighted by Crippen LogP contribution is -2.41. The Labute approximate surface area is 144 Å². The highest BCUT2D eigenvalue weighted by atomic mass is 19.4. The fourth-order valence-electron chi connectivity index (χ4n) is 4.17. The number of hydrogen-bond donors (Lipinski definition) is 1. The van der Waals surface area contributed by atoms with Crippen LogP contribution in [0.25, 0.3) is 0 Å². The average Bonchev–Trinajstić information content (AvgIpc) is 2.57. The number of methoxy groups -OCH3 is 1. The Morgan fingerprint density at radius 1 is 1.28 bits per heavy atom. The van der Waals surface area contributed by atoms with Gasteiger partial charge in [-0.05, 0) is 48.6 Å². The van der Waals surface area contributed by atoms with Crippen molar-refractivity contribution in [3.05, 3.63) is 28.8 Å². The quantitative estimate of drug-likeness (QED) is 0.896. The predicted molar refractivity (Wildman–Crippen MR) is 85.8 cm³/mol. The largest absolute Gasteiger partial charge is 0.495 e. The van der Waals surface area contributed by atoms with Crippen molar-refractivity contribution in [3.63, 3.8) is 0 Å². The van der Waals surface area contributed by atoms with E-state index in [-0.39, 0.29) is 22.5 Å². The van der Waals surface area contributed by atoms with Gasteiger partial charge in [-0.25, -0.2) is 0 Å². The molecule has 138 valence electrons. The molecule has 25 heavy (non-hydrogen) atoms. The van der Waals surface area contributed by atoms with Gasteiger partial charge in [0.15, 0.2) is 0 Å². The van der Waals surface area contributed by atoms with Gasteiger partial charge in [0.1, 0.15) is 11.3 Å². The molecule has 1 N–H and O–H groups in total. The van der Waals surface area contributed by atoms with E-state index in [1.54, 1.807) is 0 Å².